The molecule has 0 bridgehead atoms. The summed E-state index contributed by atoms with van der Waals surface area (Å²) in [5.41, 5.74) is 2.20. The Morgan fingerprint density at radius 3 is 3.00 bits per heavy atom. The number of quaternary nitrogens is 1. The van der Waals surface area contributed by atoms with E-state index in [2.05, 4.69) is 20.8 Å². The second-order valence-electron chi connectivity index (χ2n) is 8.96. The van der Waals surface area contributed by atoms with Crippen molar-refractivity contribution in [2.24, 2.45) is 5.92 Å². The molecule has 3 aromatic rings. The number of aromatic nitrogens is 4. The molecule has 5 heterocycles. The van der Waals surface area contributed by atoms with Crippen molar-refractivity contribution in [3.05, 3.63) is 22.1 Å². The van der Waals surface area contributed by atoms with Crippen LogP contribution in [0.4, 0.5) is 0 Å². The van der Waals surface area contributed by atoms with Crippen molar-refractivity contribution in [3.8, 4) is 0 Å². The van der Waals surface area contributed by atoms with Crippen molar-refractivity contribution in [1.29, 1.82) is 0 Å². The molecule has 27 heavy (non-hydrogen) atoms. The lowest BCUT2D eigenvalue weighted by Crippen LogP contribution is -3.12. The molecule has 0 radical (unpaired) electrons. The molecular weight excluding hydrogens is 358 g/mol. The summed E-state index contributed by atoms with van der Waals surface area (Å²) in [4.78, 5) is 13.8. The van der Waals surface area contributed by atoms with E-state index in [-0.39, 0.29) is 5.60 Å². The Kier molecular flexibility index (Phi) is 4.04. The van der Waals surface area contributed by atoms with Crippen LogP contribution in [0.2, 0.25) is 0 Å². The fourth-order valence-electron chi connectivity index (χ4n) is 4.64. The SMILES string of the molecule is Cc1nc2sc3c(c2c2nc(C[NH+]4CCC[C@@H](C)C4)nn12)CC(C)(C)OC3. The third-order valence-corrected chi connectivity index (χ3v) is 7.09. The Balaban J connectivity index is 1.60. The fourth-order valence-corrected chi connectivity index (χ4v) is 5.78. The number of ether oxygens (including phenoxy) is 1. The topological polar surface area (TPSA) is 56.8 Å². The lowest BCUT2D eigenvalue weighted by atomic mass is 9.94. The van der Waals surface area contributed by atoms with Crippen LogP contribution in [0.25, 0.3) is 15.9 Å². The summed E-state index contributed by atoms with van der Waals surface area (Å²) in [6.07, 6.45) is 3.56. The number of thiophene rings is 1. The van der Waals surface area contributed by atoms with Gasteiger partial charge in [-0.25, -0.2) is 9.97 Å². The van der Waals surface area contributed by atoms with Crippen molar-refractivity contribution in [3.63, 3.8) is 0 Å². The Hall–Kier alpha value is -1.57. The largest absolute Gasteiger partial charge is 0.370 e. The second-order valence-corrected chi connectivity index (χ2v) is 10.0. The van der Waals surface area contributed by atoms with Gasteiger partial charge in [0.1, 0.15) is 17.2 Å². The zero-order chi connectivity index (χ0) is 18.8. The first-order valence-corrected chi connectivity index (χ1v) is 10.9. The van der Waals surface area contributed by atoms with Crippen LogP contribution >= 0.6 is 11.3 Å². The van der Waals surface area contributed by atoms with Crippen LogP contribution in [0.1, 0.15) is 55.7 Å². The van der Waals surface area contributed by atoms with Crippen LogP contribution in [0.5, 0.6) is 0 Å². The average molecular weight is 387 g/mol. The molecule has 0 aliphatic carbocycles. The summed E-state index contributed by atoms with van der Waals surface area (Å²) >= 11 is 1.75. The van der Waals surface area contributed by atoms with Crippen molar-refractivity contribution in [1.82, 2.24) is 19.6 Å². The highest BCUT2D eigenvalue weighted by atomic mass is 32.1. The first kappa shape index (κ1) is 17.5. The Bertz CT molecular complexity index is 1020. The van der Waals surface area contributed by atoms with Gasteiger partial charge in [-0.1, -0.05) is 6.92 Å². The van der Waals surface area contributed by atoms with Gasteiger partial charge in [-0.3, -0.25) is 0 Å². The molecule has 1 fully saturated rings. The standard InChI is InChI=1S/C20H27N5OS/c1-12-6-5-7-24(9-12)10-16-22-18-17-14-8-20(3,4)26-11-15(14)27-19(17)21-13(2)25(18)23-16/h12H,5-11H2,1-4H3/p+1/t12-/m1/s1. The van der Waals surface area contributed by atoms with Gasteiger partial charge in [-0.05, 0) is 39.2 Å². The van der Waals surface area contributed by atoms with Crippen molar-refractivity contribution < 1.29 is 9.64 Å². The molecule has 2 aliphatic rings. The van der Waals surface area contributed by atoms with Crippen LogP contribution in [0, 0.1) is 12.8 Å². The fraction of sp³-hybridized carbons (Fsp3) is 0.650. The molecule has 2 atom stereocenters. The summed E-state index contributed by atoms with van der Waals surface area (Å²) < 4.78 is 7.97. The quantitative estimate of drug-likeness (QED) is 0.734. The minimum atomic E-state index is -0.139. The minimum absolute atomic E-state index is 0.139. The third-order valence-electron chi connectivity index (χ3n) is 5.99. The molecule has 144 valence electrons. The maximum absolute atomic E-state index is 6.02. The third kappa shape index (κ3) is 3.05. The molecule has 0 spiro atoms. The molecule has 0 aromatic carbocycles. The summed E-state index contributed by atoms with van der Waals surface area (Å²) in [6, 6.07) is 0. The number of rotatable bonds is 2. The Labute approximate surface area is 163 Å². The maximum atomic E-state index is 6.02. The lowest BCUT2D eigenvalue weighted by molar-refractivity contribution is -0.922. The van der Waals surface area contributed by atoms with E-state index in [1.807, 2.05) is 11.4 Å². The van der Waals surface area contributed by atoms with Crippen molar-refractivity contribution in [2.45, 2.75) is 65.7 Å². The Morgan fingerprint density at radius 1 is 1.33 bits per heavy atom. The van der Waals surface area contributed by atoms with Gasteiger partial charge in [0.05, 0.1) is 30.7 Å². The van der Waals surface area contributed by atoms with Gasteiger partial charge >= 0.3 is 0 Å². The van der Waals surface area contributed by atoms with E-state index in [1.165, 1.54) is 41.8 Å². The van der Waals surface area contributed by atoms with Crippen LogP contribution in [0.15, 0.2) is 0 Å². The number of nitrogens with one attached hydrogen (secondary N) is 1. The van der Waals surface area contributed by atoms with Crippen LogP contribution in [-0.2, 0) is 24.3 Å². The molecule has 5 rings (SSSR count). The van der Waals surface area contributed by atoms with E-state index < -0.39 is 0 Å². The zero-order valence-corrected chi connectivity index (χ0v) is 17.4. The number of piperidine rings is 1. The monoisotopic (exact) mass is 386 g/mol. The molecule has 7 heteroatoms. The van der Waals surface area contributed by atoms with Gasteiger partial charge in [0, 0.05) is 17.2 Å². The van der Waals surface area contributed by atoms with E-state index in [0.717, 1.165) is 41.0 Å². The molecule has 1 unspecified atom stereocenters. The van der Waals surface area contributed by atoms with Gasteiger partial charge in [0.25, 0.3) is 0 Å². The number of nitrogens with zero attached hydrogens (tertiary/aromatic N) is 4. The molecule has 3 aromatic heterocycles. The van der Waals surface area contributed by atoms with Gasteiger partial charge in [0.2, 0.25) is 5.82 Å². The normalized spacial score (nSPS) is 25.2. The predicted octanol–water partition coefficient (Wildman–Crippen LogP) is 2.31. The number of likely N-dealkylation sites (tertiary alicyclic amines) is 1. The minimum Gasteiger partial charge on any atom is -0.370 e. The van der Waals surface area contributed by atoms with E-state index in [0.29, 0.717) is 6.61 Å². The number of aryl methyl sites for hydroxylation is 1. The van der Waals surface area contributed by atoms with E-state index in [4.69, 9.17) is 19.8 Å². The van der Waals surface area contributed by atoms with Crippen LogP contribution < -0.4 is 4.90 Å². The van der Waals surface area contributed by atoms with Crippen molar-refractivity contribution >= 4 is 27.2 Å². The molecule has 1 N–H and O–H groups in total. The van der Waals surface area contributed by atoms with E-state index in [9.17, 15) is 0 Å². The van der Waals surface area contributed by atoms with Gasteiger partial charge < -0.3 is 9.64 Å². The molecule has 0 saturated carbocycles. The highest BCUT2D eigenvalue weighted by molar-refractivity contribution is 7.19. The lowest BCUT2D eigenvalue weighted by Gasteiger charge is -2.30. The van der Waals surface area contributed by atoms with Gasteiger partial charge in [0.15, 0.2) is 5.65 Å². The number of hydrogen-bond donors (Lipinski definition) is 1. The molecule has 0 amide bonds. The maximum Gasteiger partial charge on any atom is 0.206 e. The first-order valence-electron chi connectivity index (χ1n) is 10.0. The number of fused-ring (bicyclic) bond motifs is 5. The smallest absolute Gasteiger partial charge is 0.206 e. The second kappa shape index (κ2) is 6.22. The Morgan fingerprint density at radius 2 is 2.19 bits per heavy atom. The summed E-state index contributed by atoms with van der Waals surface area (Å²) in [7, 11) is 0. The van der Waals surface area contributed by atoms with Crippen LogP contribution in [0.3, 0.4) is 0 Å². The molecule has 1 saturated heterocycles. The van der Waals surface area contributed by atoms with E-state index in [1.54, 1.807) is 16.2 Å². The predicted molar refractivity (Wildman–Crippen MR) is 106 cm³/mol. The molecule has 2 aliphatic heterocycles. The van der Waals surface area contributed by atoms with Gasteiger partial charge in [-0.15, -0.1) is 16.4 Å². The first-order chi connectivity index (χ1) is 12.9. The molecular formula is C20H28N5OS+. The summed E-state index contributed by atoms with van der Waals surface area (Å²) in [5.74, 6) is 2.66. The summed E-state index contributed by atoms with van der Waals surface area (Å²) in [6.45, 7) is 12.7. The van der Waals surface area contributed by atoms with Crippen LogP contribution in [-0.4, -0.2) is 38.3 Å². The summed E-state index contributed by atoms with van der Waals surface area (Å²) in [5, 5.41) is 6.03. The van der Waals surface area contributed by atoms with Gasteiger partial charge in [-0.2, -0.15) is 4.52 Å². The average Bonchev–Trinajstić information content (AvgIpc) is 3.15. The highest BCUT2D eigenvalue weighted by Gasteiger charge is 2.31. The highest BCUT2D eigenvalue weighted by Crippen LogP contribution is 2.39. The van der Waals surface area contributed by atoms with E-state index >= 15 is 0 Å². The molecule has 6 nitrogen and oxygen atoms in total. The zero-order valence-electron chi connectivity index (χ0n) is 16.6. The van der Waals surface area contributed by atoms with Crippen molar-refractivity contribution in [2.75, 3.05) is 13.1 Å². The number of hydrogen-bond acceptors (Lipinski definition) is 5.